The summed E-state index contributed by atoms with van der Waals surface area (Å²) < 4.78 is 4.77. The summed E-state index contributed by atoms with van der Waals surface area (Å²) >= 11 is 0. The summed E-state index contributed by atoms with van der Waals surface area (Å²) in [5, 5.41) is 11.0. The number of hydrogen-bond acceptors (Lipinski definition) is 5. The Morgan fingerprint density at radius 1 is 1.33 bits per heavy atom. The highest BCUT2D eigenvalue weighted by molar-refractivity contribution is 5.95. The molecule has 0 saturated heterocycles. The second kappa shape index (κ2) is 9.85. The Morgan fingerprint density at radius 3 is 2.74 bits per heavy atom. The van der Waals surface area contributed by atoms with E-state index < -0.39 is 10.8 Å². The number of carbonyl (C=O) groups is 2. The molecule has 0 N–H and O–H groups in total. The maximum Gasteiger partial charge on any atom is 0.310 e. The van der Waals surface area contributed by atoms with Crippen LogP contribution in [0, 0.1) is 16.0 Å². The monoisotopic (exact) mass is 374 g/mol. The van der Waals surface area contributed by atoms with Crippen LogP contribution in [0.2, 0.25) is 0 Å². The Bertz CT molecular complexity index is 729. The minimum atomic E-state index is -0.523. The summed E-state index contributed by atoms with van der Waals surface area (Å²) in [6.07, 6.45) is 7.42. The van der Waals surface area contributed by atoms with Crippen LogP contribution in [0.15, 0.2) is 35.9 Å². The van der Waals surface area contributed by atoms with Gasteiger partial charge in [-0.05, 0) is 38.2 Å². The van der Waals surface area contributed by atoms with Gasteiger partial charge in [-0.1, -0.05) is 24.6 Å². The van der Waals surface area contributed by atoms with Crippen molar-refractivity contribution in [2.24, 2.45) is 5.92 Å². The van der Waals surface area contributed by atoms with Gasteiger partial charge >= 0.3 is 5.97 Å². The van der Waals surface area contributed by atoms with E-state index in [4.69, 9.17) is 4.74 Å². The van der Waals surface area contributed by atoms with Gasteiger partial charge in [-0.25, -0.2) is 0 Å². The third kappa shape index (κ3) is 5.91. The highest BCUT2D eigenvalue weighted by Crippen LogP contribution is 2.22. The van der Waals surface area contributed by atoms with Crippen molar-refractivity contribution in [1.82, 2.24) is 4.90 Å². The summed E-state index contributed by atoms with van der Waals surface area (Å²) in [6.45, 7) is 2.38. The molecule has 1 aliphatic rings. The fourth-order valence-corrected chi connectivity index (χ4v) is 3.23. The molecule has 7 heteroatoms. The van der Waals surface area contributed by atoms with Crippen LogP contribution >= 0.6 is 0 Å². The van der Waals surface area contributed by atoms with Crippen molar-refractivity contribution >= 4 is 17.6 Å². The van der Waals surface area contributed by atoms with E-state index in [0.29, 0.717) is 6.54 Å². The van der Waals surface area contributed by atoms with Crippen LogP contribution in [0.1, 0.15) is 49.4 Å². The first kappa shape index (κ1) is 20.6. The summed E-state index contributed by atoms with van der Waals surface area (Å²) in [5.41, 5.74) is 1.44. The zero-order valence-electron chi connectivity index (χ0n) is 15.8. The predicted molar refractivity (Wildman–Crippen MR) is 101 cm³/mol. The smallest absolute Gasteiger partial charge is 0.310 e. The molecule has 0 aliphatic heterocycles. The van der Waals surface area contributed by atoms with Crippen LogP contribution in [0.25, 0.3) is 0 Å². The van der Waals surface area contributed by atoms with Gasteiger partial charge in [-0.15, -0.1) is 0 Å². The van der Waals surface area contributed by atoms with Crippen LogP contribution in [-0.4, -0.2) is 41.9 Å². The van der Waals surface area contributed by atoms with Crippen LogP contribution < -0.4 is 0 Å². The minimum Gasteiger partial charge on any atom is -0.469 e. The molecule has 1 atom stereocenters. The lowest BCUT2D eigenvalue weighted by atomic mass is 9.97. The lowest BCUT2D eigenvalue weighted by Crippen LogP contribution is -2.38. The first-order chi connectivity index (χ1) is 12.9. The van der Waals surface area contributed by atoms with Gasteiger partial charge in [0.2, 0.25) is 0 Å². The van der Waals surface area contributed by atoms with Crippen molar-refractivity contribution in [2.45, 2.75) is 39.0 Å². The number of ether oxygens (including phenoxy) is 1. The second-order valence-corrected chi connectivity index (χ2v) is 6.84. The molecule has 1 aromatic rings. The van der Waals surface area contributed by atoms with Crippen molar-refractivity contribution in [2.75, 3.05) is 20.2 Å². The standard InChI is InChI=1S/C20H26N2O5/c1-15(20(24)27-2)14-21(12-11-16-7-4-3-5-8-16)19(23)17-9-6-10-18(13-17)22(25)26/h6-7,9-10,13,15H,3-5,8,11-12,14H2,1-2H3. The number of nitro groups is 1. The Hall–Kier alpha value is -2.70. The fraction of sp³-hybridized carbons (Fsp3) is 0.500. The van der Waals surface area contributed by atoms with Gasteiger partial charge in [0.05, 0.1) is 18.0 Å². The number of non-ortho nitro benzene ring substituents is 1. The van der Waals surface area contributed by atoms with Gasteiger partial charge in [0.15, 0.2) is 0 Å². The van der Waals surface area contributed by atoms with Crippen molar-refractivity contribution in [3.63, 3.8) is 0 Å². The molecule has 146 valence electrons. The molecule has 0 fully saturated rings. The Morgan fingerprint density at radius 2 is 2.11 bits per heavy atom. The van der Waals surface area contributed by atoms with Crippen LogP contribution in [-0.2, 0) is 9.53 Å². The molecule has 7 nitrogen and oxygen atoms in total. The lowest BCUT2D eigenvalue weighted by Gasteiger charge is -2.26. The number of carbonyl (C=O) groups excluding carboxylic acids is 2. The van der Waals surface area contributed by atoms with Crippen molar-refractivity contribution in [1.29, 1.82) is 0 Å². The van der Waals surface area contributed by atoms with Crippen molar-refractivity contribution in [3.05, 3.63) is 51.6 Å². The molecule has 0 bridgehead atoms. The number of rotatable bonds is 8. The average molecular weight is 374 g/mol. The molecule has 0 spiro atoms. The fourth-order valence-electron chi connectivity index (χ4n) is 3.23. The number of benzene rings is 1. The normalized spacial score (nSPS) is 14.8. The van der Waals surface area contributed by atoms with E-state index in [-0.39, 0.29) is 29.7 Å². The topological polar surface area (TPSA) is 89.8 Å². The molecule has 2 rings (SSSR count). The zero-order valence-corrected chi connectivity index (χ0v) is 15.8. The average Bonchev–Trinajstić information content (AvgIpc) is 2.70. The maximum absolute atomic E-state index is 13.0. The summed E-state index contributed by atoms with van der Waals surface area (Å²) in [7, 11) is 1.32. The molecule has 0 aromatic heterocycles. The molecule has 1 unspecified atom stereocenters. The van der Waals surface area contributed by atoms with Gasteiger partial charge < -0.3 is 9.64 Å². The van der Waals surface area contributed by atoms with Gasteiger partial charge in [-0.2, -0.15) is 0 Å². The van der Waals surface area contributed by atoms with E-state index in [9.17, 15) is 19.7 Å². The molecule has 1 amide bonds. The summed E-state index contributed by atoms with van der Waals surface area (Å²) in [6, 6.07) is 5.69. The van der Waals surface area contributed by atoms with Gasteiger partial charge in [0.1, 0.15) is 0 Å². The third-order valence-electron chi connectivity index (χ3n) is 4.78. The molecular formula is C20H26N2O5. The quantitative estimate of drug-likeness (QED) is 0.299. The van der Waals surface area contributed by atoms with Crippen LogP contribution in [0.5, 0.6) is 0 Å². The summed E-state index contributed by atoms with van der Waals surface area (Å²) in [5.74, 6) is -1.17. The largest absolute Gasteiger partial charge is 0.469 e. The Labute approximate surface area is 159 Å². The second-order valence-electron chi connectivity index (χ2n) is 6.84. The lowest BCUT2D eigenvalue weighted by molar-refractivity contribution is -0.384. The molecular weight excluding hydrogens is 348 g/mol. The van der Waals surface area contributed by atoms with Crippen molar-refractivity contribution < 1.29 is 19.2 Å². The van der Waals surface area contributed by atoms with Crippen LogP contribution in [0.4, 0.5) is 5.69 Å². The number of nitrogens with zero attached hydrogens (tertiary/aromatic N) is 2. The highest BCUT2D eigenvalue weighted by Gasteiger charge is 2.24. The first-order valence-electron chi connectivity index (χ1n) is 9.22. The molecule has 0 heterocycles. The number of hydrogen-bond donors (Lipinski definition) is 0. The number of methoxy groups -OCH3 is 1. The first-order valence-corrected chi connectivity index (χ1v) is 9.22. The molecule has 0 radical (unpaired) electrons. The molecule has 0 saturated carbocycles. The van der Waals surface area contributed by atoms with E-state index in [1.54, 1.807) is 17.9 Å². The number of esters is 1. The number of amides is 1. The predicted octanol–water partition coefficient (Wildman–Crippen LogP) is 3.74. The minimum absolute atomic E-state index is 0.128. The zero-order chi connectivity index (χ0) is 19.8. The SMILES string of the molecule is COC(=O)C(C)CN(CCC1=CCCCC1)C(=O)c1cccc([N+](=O)[O-])c1. The van der Waals surface area contributed by atoms with E-state index >= 15 is 0 Å². The van der Waals surface area contributed by atoms with Gasteiger partial charge in [0.25, 0.3) is 11.6 Å². The third-order valence-corrected chi connectivity index (χ3v) is 4.78. The maximum atomic E-state index is 13.0. The molecule has 1 aromatic carbocycles. The van der Waals surface area contributed by atoms with E-state index in [1.165, 1.54) is 37.3 Å². The van der Waals surface area contributed by atoms with E-state index in [0.717, 1.165) is 25.7 Å². The number of allylic oxidation sites excluding steroid dienone is 1. The van der Waals surface area contributed by atoms with E-state index in [1.807, 2.05) is 0 Å². The van der Waals surface area contributed by atoms with Gasteiger partial charge in [-0.3, -0.25) is 19.7 Å². The Balaban J connectivity index is 2.17. The van der Waals surface area contributed by atoms with Gasteiger partial charge in [0, 0.05) is 30.8 Å². The Kier molecular flexibility index (Phi) is 7.52. The highest BCUT2D eigenvalue weighted by atomic mass is 16.6. The van der Waals surface area contributed by atoms with Crippen molar-refractivity contribution in [3.8, 4) is 0 Å². The number of nitro benzene ring substituents is 1. The van der Waals surface area contributed by atoms with E-state index in [2.05, 4.69) is 6.08 Å². The molecule has 27 heavy (non-hydrogen) atoms. The van der Waals surface area contributed by atoms with Crippen LogP contribution in [0.3, 0.4) is 0 Å². The summed E-state index contributed by atoms with van der Waals surface area (Å²) in [4.78, 5) is 36.8. The molecule has 1 aliphatic carbocycles.